The number of benzene rings is 2. The van der Waals surface area contributed by atoms with Crippen LogP contribution in [0.25, 0.3) is 32.9 Å². The maximum absolute atomic E-state index is 16.6. The Bertz CT molecular complexity index is 1660. The van der Waals surface area contributed by atoms with E-state index in [-0.39, 0.29) is 33.6 Å². The summed E-state index contributed by atoms with van der Waals surface area (Å²) in [6.07, 6.45) is 3.35. The number of H-pyrrole nitrogens is 1. The van der Waals surface area contributed by atoms with Crippen molar-refractivity contribution >= 4 is 27.6 Å². The lowest BCUT2D eigenvalue weighted by Gasteiger charge is -2.34. The Morgan fingerprint density at radius 3 is 2.48 bits per heavy atom. The van der Waals surface area contributed by atoms with Crippen LogP contribution in [0, 0.1) is 5.82 Å². The van der Waals surface area contributed by atoms with Crippen LogP contribution < -0.4 is 15.0 Å². The predicted molar refractivity (Wildman–Crippen MR) is 152 cm³/mol. The van der Waals surface area contributed by atoms with Gasteiger partial charge in [0.15, 0.2) is 5.82 Å². The highest BCUT2D eigenvalue weighted by Crippen LogP contribution is 2.43. The van der Waals surface area contributed by atoms with Gasteiger partial charge in [-0.25, -0.2) is 4.39 Å². The van der Waals surface area contributed by atoms with Gasteiger partial charge in [-0.1, -0.05) is 12.1 Å². The minimum absolute atomic E-state index is 0.0366. The zero-order chi connectivity index (χ0) is 28.6. The number of ether oxygens (including phenoxy) is 1. The van der Waals surface area contributed by atoms with Crippen molar-refractivity contribution in [3.8, 4) is 17.1 Å². The lowest BCUT2D eigenvalue weighted by Crippen LogP contribution is -2.51. The van der Waals surface area contributed by atoms with Gasteiger partial charge in [0.25, 0.3) is 0 Å². The average molecular weight is 581 g/mol. The summed E-state index contributed by atoms with van der Waals surface area (Å²) < 4.78 is 64.8. The second-order valence-corrected chi connectivity index (χ2v) is 12.3. The molecule has 0 aliphatic carbocycles. The Morgan fingerprint density at radius 2 is 1.74 bits per heavy atom. The molecule has 0 amide bonds. The molecule has 0 radical (unpaired) electrons. The first-order valence-corrected chi connectivity index (χ1v) is 14.9. The van der Waals surface area contributed by atoms with Crippen molar-refractivity contribution in [1.29, 1.82) is 0 Å². The molecule has 7 nitrogen and oxygen atoms in total. The number of hydrogen-bond donors (Lipinski definition) is 2. The van der Waals surface area contributed by atoms with Gasteiger partial charge >= 0.3 is 12.2 Å². The fourth-order valence-electron chi connectivity index (χ4n) is 7.90. The van der Waals surface area contributed by atoms with Gasteiger partial charge in [0.1, 0.15) is 17.9 Å². The fraction of sp³-hybridized carbons (Fsp3) is 0.484. The Morgan fingerprint density at radius 1 is 0.976 bits per heavy atom. The molecule has 2 aromatic heterocycles. The number of nitrogens with one attached hydrogen (secondary N) is 2. The van der Waals surface area contributed by atoms with Crippen molar-refractivity contribution in [3.63, 3.8) is 0 Å². The average Bonchev–Trinajstić information content (AvgIpc) is 3.74. The van der Waals surface area contributed by atoms with Gasteiger partial charge in [0, 0.05) is 58.8 Å². The van der Waals surface area contributed by atoms with E-state index < -0.39 is 17.6 Å². The number of hydrogen-bond acceptors (Lipinski definition) is 6. The van der Waals surface area contributed by atoms with Crippen LogP contribution >= 0.6 is 0 Å². The predicted octanol–water partition coefficient (Wildman–Crippen LogP) is 5.88. The number of aromatic nitrogens is 3. The third-order valence-electron chi connectivity index (χ3n) is 9.86. The van der Waals surface area contributed by atoms with E-state index in [0.717, 1.165) is 70.8 Å². The molecule has 4 aromatic rings. The second kappa shape index (κ2) is 9.54. The molecule has 0 saturated carbocycles. The molecule has 2 N–H and O–H groups in total. The van der Waals surface area contributed by atoms with Crippen molar-refractivity contribution in [3.05, 3.63) is 47.9 Å². The van der Waals surface area contributed by atoms with Crippen molar-refractivity contribution in [1.82, 2.24) is 25.2 Å². The van der Waals surface area contributed by atoms with E-state index in [2.05, 4.69) is 25.1 Å². The summed E-state index contributed by atoms with van der Waals surface area (Å²) in [5, 5.41) is 4.09. The van der Waals surface area contributed by atoms with E-state index in [1.54, 1.807) is 18.2 Å². The largest absolute Gasteiger partial charge is 0.461 e. The van der Waals surface area contributed by atoms with Crippen LogP contribution in [0.3, 0.4) is 0 Å². The van der Waals surface area contributed by atoms with E-state index in [1.807, 2.05) is 0 Å². The first-order valence-electron chi connectivity index (χ1n) is 14.9. The summed E-state index contributed by atoms with van der Waals surface area (Å²) in [7, 11) is 0. The first kappa shape index (κ1) is 26.2. The zero-order valence-corrected chi connectivity index (χ0v) is 23.1. The second-order valence-electron chi connectivity index (χ2n) is 12.3. The molecule has 4 fully saturated rings. The van der Waals surface area contributed by atoms with Crippen LogP contribution in [-0.4, -0.2) is 70.3 Å². The van der Waals surface area contributed by atoms with E-state index in [9.17, 15) is 13.2 Å². The molecule has 4 saturated heterocycles. The number of anilines is 1. The van der Waals surface area contributed by atoms with Gasteiger partial charge in [-0.2, -0.15) is 23.1 Å². The highest BCUT2D eigenvalue weighted by atomic mass is 19.4. The molecular formula is C31H32F4N6O. The summed E-state index contributed by atoms with van der Waals surface area (Å²) in [5.41, 5.74) is -0.296. The Hall–Kier alpha value is -3.44. The number of piperazine rings is 1. The Balaban J connectivity index is 1.25. The smallest absolute Gasteiger partial charge is 0.417 e. The number of aromatic amines is 1. The Kier molecular flexibility index (Phi) is 5.95. The van der Waals surface area contributed by atoms with Gasteiger partial charge in [-0.3, -0.25) is 4.90 Å². The summed E-state index contributed by atoms with van der Waals surface area (Å²) in [5.74, 6) is -0.0699. The van der Waals surface area contributed by atoms with E-state index >= 15 is 4.39 Å². The van der Waals surface area contributed by atoms with Crippen molar-refractivity contribution in [2.75, 3.05) is 37.7 Å². The number of fused-ring (bicyclic) bond motifs is 5. The van der Waals surface area contributed by atoms with Crippen molar-refractivity contribution in [2.24, 2.45) is 0 Å². The molecule has 4 aliphatic heterocycles. The minimum Gasteiger partial charge on any atom is -0.461 e. The van der Waals surface area contributed by atoms with Crippen LogP contribution in [0.15, 0.2) is 36.5 Å². The molecular weight excluding hydrogens is 548 g/mol. The maximum atomic E-state index is 16.6. The molecule has 11 heteroatoms. The van der Waals surface area contributed by atoms with Crippen molar-refractivity contribution < 1.29 is 22.3 Å². The highest BCUT2D eigenvalue weighted by molar-refractivity contribution is 6.01. The molecule has 2 atom stereocenters. The van der Waals surface area contributed by atoms with Crippen LogP contribution in [-0.2, 0) is 6.18 Å². The van der Waals surface area contributed by atoms with E-state index in [0.29, 0.717) is 35.4 Å². The van der Waals surface area contributed by atoms with Gasteiger partial charge in [0.05, 0.1) is 11.1 Å². The lowest BCUT2D eigenvalue weighted by atomic mass is 9.95. The summed E-state index contributed by atoms with van der Waals surface area (Å²) >= 11 is 0. The van der Waals surface area contributed by atoms with Gasteiger partial charge < -0.3 is 19.9 Å². The summed E-state index contributed by atoms with van der Waals surface area (Å²) in [4.78, 5) is 17.0. The third-order valence-corrected chi connectivity index (χ3v) is 9.86. The topological polar surface area (TPSA) is 69.3 Å². The minimum atomic E-state index is -4.59. The van der Waals surface area contributed by atoms with E-state index in [4.69, 9.17) is 9.72 Å². The summed E-state index contributed by atoms with van der Waals surface area (Å²) in [6, 6.07) is 8.00. The molecule has 4 aliphatic rings. The van der Waals surface area contributed by atoms with Crippen LogP contribution in [0.1, 0.15) is 44.1 Å². The number of nitrogens with zero attached hydrogens (tertiary/aromatic N) is 4. The quantitative estimate of drug-likeness (QED) is 0.287. The third kappa shape index (κ3) is 4.15. The monoisotopic (exact) mass is 580 g/mol. The van der Waals surface area contributed by atoms with E-state index in [1.165, 1.54) is 12.3 Å². The highest BCUT2D eigenvalue weighted by Gasteiger charge is 2.45. The van der Waals surface area contributed by atoms with Crippen LogP contribution in [0.5, 0.6) is 6.01 Å². The standard InChI is InChI=1S/C31H32F4N6O/c32-26-20(22-14-36-24-5-1-4-23(25(22)24)31(33,34)35)8-9-21-27(26)38-29(42-17-30-10-2-12-41(30)13-3-11-30)39-28(21)40-15-18-6-7-19(16-40)37-18/h1,4-5,8-9,14,18-19,36-37H,2-3,6-7,10-13,15-17H2. The van der Waals surface area contributed by atoms with Gasteiger partial charge in [-0.15, -0.1) is 0 Å². The Labute approximate surface area is 240 Å². The number of rotatable bonds is 5. The molecule has 8 rings (SSSR count). The van der Waals surface area contributed by atoms with Gasteiger partial charge in [-0.05, 0) is 69.8 Å². The normalized spacial score (nSPS) is 23.8. The van der Waals surface area contributed by atoms with Crippen LogP contribution in [0.4, 0.5) is 23.4 Å². The number of alkyl halides is 3. The molecule has 2 unspecified atom stereocenters. The molecule has 0 spiro atoms. The van der Waals surface area contributed by atoms with Crippen LogP contribution in [0.2, 0.25) is 0 Å². The number of halogens is 4. The molecule has 6 heterocycles. The maximum Gasteiger partial charge on any atom is 0.417 e. The fourth-order valence-corrected chi connectivity index (χ4v) is 7.90. The lowest BCUT2D eigenvalue weighted by molar-refractivity contribution is -0.136. The first-order chi connectivity index (χ1) is 20.3. The molecule has 220 valence electrons. The van der Waals surface area contributed by atoms with Crippen molar-refractivity contribution in [2.45, 2.75) is 62.3 Å². The molecule has 2 aromatic carbocycles. The SMILES string of the molecule is Fc1c(-c2c[nH]c3cccc(C(F)(F)F)c23)ccc2c(N3CC4CCC(C3)N4)nc(OCC34CCCN3CCC4)nc12. The van der Waals surface area contributed by atoms with Gasteiger partial charge in [0.2, 0.25) is 0 Å². The zero-order valence-electron chi connectivity index (χ0n) is 23.1. The summed E-state index contributed by atoms with van der Waals surface area (Å²) in [6.45, 7) is 4.02. The molecule has 42 heavy (non-hydrogen) atoms. The molecule has 2 bridgehead atoms.